The van der Waals surface area contributed by atoms with Crippen molar-refractivity contribution >= 4 is 27.4 Å². The highest BCUT2D eigenvalue weighted by Gasteiger charge is 2.20. The smallest absolute Gasteiger partial charge is 0.262 e. The van der Waals surface area contributed by atoms with E-state index in [9.17, 15) is 18.0 Å². The minimum absolute atomic E-state index is 0.00556. The van der Waals surface area contributed by atoms with E-state index < -0.39 is 15.9 Å². The third-order valence-corrected chi connectivity index (χ3v) is 5.96. The SMILES string of the molecule is COc1ccc(S(=O)(=O)N(C)C)cc1NC(=O)COc1ccc(C(C)=O)cc1OC. The number of hydrogen-bond acceptors (Lipinski definition) is 7. The Balaban J connectivity index is 2.18. The Morgan fingerprint density at radius 3 is 2.17 bits per heavy atom. The predicted octanol–water partition coefficient (Wildman–Crippen LogP) is 2.17. The van der Waals surface area contributed by atoms with Crippen LogP contribution in [-0.2, 0) is 14.8 Å². The number of benzene rings is 2. The highest BCUT2D eigenvalue weighted by molar-refractivity contribution is 7.89. The number of amides is 1. The molecule has 0 spiro atoms. The third-order valence-electron chi connectivity index (χ3n) is 4.15. The highest BCUT2D eigenvalue weighted by atomic mass is 32.2. The Bertz CT molecular complexity index is 1050. The van der Waals surface area contributed by atoms with E-state index in [2.05, 4.69) is 5.32 Å². The molecule has 30 heavy (non-hydrogen) atoms. The van der Waals surface area contributed by atoms with Crippen molar-refractivity contribution in [1.29, 1.82) is 0 Å². The number of nitrogens with zero attached hydrogens (tertiary/aromatic N) is 1. The molecule has 2 rings (SSSR count). The van der Waals surface area contributed by atoms with Gasteiger partial charge in [0.2, 0.25) is 10.0 Å². The maximum atomic E-state index is 12.4. The van der Waals surface area contributed by atoms with E-state index in [4.69, 9.17) is 14.2 Å². The number of nitrogens with one attached hydrogen (secondary N) is 1. The molecule has 0 fully saturated rings. The number of carbonyl (C=O) groups excluding carboxylic acids is 2. The van der Waals surface area contributed by atoms with E-state index in [1.54, 1.807) is 6.07 Å². The first-order chi connectivity index (χ1) is 14.1. The van der Waals surface area contributed by atoms with Crippen LogP contribution in [0.2, 0.25) is 0 Å². The summed E-state index contributed by atoms with van der Waals surface area (Å²) in [5, 5.41) is 2.58. The molecule has 0 aromatic heterocycles. The van der Waals surface area contributed by atoms with E-state index in [0.29, 0.717) is 17.1 Å². The largest absolute Gasteiger partial charge is 0.495 e. The van der Waals surface area contributed by atoms with Crippen LogP contribution in [0.5, 0.6) is 17.2 Å². The van der Waals surface area contributed by atoms with Crippen LogP contribution < -0.4 is 19.5 Å². The molecule has 162 valence electrons. The summed E-state index contributed by atoms with van der Waals surface area (Å²) in [7, 11) is 1.97. The molecule has 0 radical (unpaired) electrons. The van der Waals surface area contributed by atoms with Crippen molar-refractivity contribution in [2.24, 2.45) is 0 Å². The van der Waals surface area contributed by atoms with E-state index in [1.807, 2.05) is 0 Å². The van der Waals surface area contributed by atoms with Gasteiger partial charge in [-0.3, -0.25) is 9.59 Å². The van der Waals surface area contributed by atoms with Crippen molar-refractivity contribution < 1.29 is 32.2 Å². The first-order valence-corrected chi connectivity index (χ1v) is 10.3. The second-order valence-electron chi connectivity index (χ2n) is 6.41. The lowest BCUT2D eigenvalue weighted by Crippen LogP contribution is -2.23. The zero-order valence-electron chi connectivity index (χ0n) is 17.4. The fourth-order valence-electron chi connectivity index (χ4n) is 2.49. The van der Waals surface area contributed by atoms with Gasteiger partial charge < -0.3 is 19.5 Å². The topological polar surface area (TPSA) is 111 Å². The predicted molar refractivity (Wildman–Crippen MR) is 111 cm³/mol. The Hall–Kier alpha value is -3.11. The van der Waals surface area contributed by atoms with Crippen LogP contribution in [0, 0.1) is 0 Å². The minimum atomic E-state index is -3.68. The van der Waals surface area contributed by atoms with Gasteiger partial charge in [-0.05, 0) is 43.3 Å². The van der Waals surface area contributed by atoms with Crippen LogP contribution in [0.25, 0.3) is 0 Å². The summed E-state index contributed by atoms with van der Waals surface area (Å²) in [6.07, 6.45) is 0. The third kappa shape index (κ3) is 5.28. The molecule has 0 saturated heterocycles. The van der Waals surface area contributed by atoms with Crippen LogP contribution in [-0.4, -0.2) is 59.3 Å². The molecule has 0 bridgehead atoms. The number of hydrogen-bond donors (Lipinski definition) is 1. The number of rotatable bonds is 9. The fraction of sp³-hybridized carbons (Fsp3) is 0.300. The van der Waals surface area contributed by atoms with Crippen molar-refractivity contribution in [1.82, 2.24) is 4.31 Å². The highest BCUT2D eigenvalue weighted by Crippen LogP contribution is 2.30. The number of methoxy groups -OCH3 is 2. The summed E-state index contributed by atoms with van der Waals surface area (Å²) >= 11 is 0. The molecule has 0 unspecified atom stereocenters. The van der Waals surface area contributed by atoms with Gasteiger partial charge in [-0.15, -0.1) is 0 Å². The van der Waals surface area contributed by atoms with Crippen molar-refractivity contribution in [3.63, 3.8) is 0 Å². The summed E-state index contributed by atoms with van der Waals surface area (Å²) in [5.74, 6) is 0.229. The normalized spacial score (nSPS) is 11.1. The van der Waals surface area contributed by atoms with Gasteiger partial charge in [0.05, 0.1) is 24.8 Å². The Morgan fingerprint density at radius 2 is 1.60 bits per heavy atom. The zero-order valence-corrected chi connectivity index (χ0v) is 18.2. The summed E-state index contributed by atoms with van der Waals surface area (Å²) in [6, 6.07) is 8.78. The van der Waals surface area contributed by atoms with E-state index in [1.165, 1.54) is 65.6 Å². The number of ketones is 1. The number of ether oxygens (including phenoxy) is 3. The van der Waals surface area contributed by atoms with Crippen LogP contribution in [0.4, 0.5) is 5.69 Å². The van der Waals surface area contributed by atoms with E-state index in [-0.39, 0.29) is 28.7 Å². The average molecular weight is 436 g/mol. The molecule has 0 aliphatic rings. The fourth-order valence-corrected chi connectivity index (χ4v) is 3.42. The molecule has 0 aliphatic carbocycles. The molecule has 1 N–H and O–H groups in total. The summed E-state index contributed by atoms with van der Waals surface area (Å²) in [5.41, 5.74) is 0.639. The van der Waals surface area contributed by atoms with E-state index in [0.717, 1.165) is 4.31 Å². The van der Waals surface area contributed by atoms with Crippen molar-refractivity contribution in [2.45, 2.75) is 11.8 Å². The molecule has 2 aromatic carbocycles. The van der Waals surface area contributed by atoms with Gasteiger partial charge in [-0.2, -0.15) is 0 Å². The van der Waals surface area contributed by atoms with Gasteiger partial charge in [-0.25, -0.2) is 12.7 Å². The van der Waals surface area contributed by atoms with Gasteiger partial charge in [0, 0.05) is 19.7 Å². The van der Waals surface area contributed by atoms with Crippen LogP contribution in [0.15, 0.2) is 41.3 Å². The molecular formula is C20H24N2O7S. The number of anilines is 1. The number of Topliss-reactive ketones (excluding diaryl/α,β-unsaturated/α-hetero) is 1. The van der Waals surface area contributed by atoms with E-state index >= 15 is 0 Å². The monoisotopic (exact) mass is 436 g/mol. The van der Waals surface area contributed by atoms with Crippen molar-refractivity contribution in [3.05, 3.63) is 42.0 Å². The Labute approximate surface area is 175 Å². The lowest BCUT2D eigenvalue weighted by atomic mass is 10.1. The minimum Gasteiger partial charge on any atom is -0.495 e. The lowest BCUT2D eigenvalue weighted by Gasteiger charge is -2.15. The maximum absolute atomic E-state index is 12.4. The van der Waals surface area contributed by atoms with Gasteiger partial charge in [0.25, 0.3) is 5.91 Å². The molecule has 9 nitrogen and oxygen atoms in total. The molecule has 0 atom stereocenters. The molecule has 2 aromatic rings. The quantitative estimate of drug-likeness (QED) is 0.600. The molecule has 0 heterocycles. The Morgan fingerprint density at radius 1 is 0.967 bits per heavy atom. The van der Waals surface area contributed by atoms with Crippen molar-refractivity contribution in [3.8, 4) is 17.2 Å². The first kappa shape index (κ1) is 23.2. The number of sulfonamides is 1. The summed E-state index contributed by atoms with van der Waals surface area (Å²) in [6.45, 7) is 1.06. The van der Waals surface area contributed by atoms with Gasteiger partial charge in [-0.1, -0.05) is 0 Å². The van der Waals surface area contributed by atoms with Crippen LogP contribution in [0.1, 0.15) is 17.3 Å². The standard InChI is InChI=1S/C20H24N2O7S/c1-13(23)14-6-8-18(19(10-14)28-5)29-12-20(24)21-16-11-15(7-9-17(16)27-4)30(25,26)22(2)3/h6-11H,12H2,1-5H3,(H,21,24). The first-order valence-electron chi connectivity index (χ1n) is 8.82. The van der Waals surface area contributed by atoms with Gasteiger partial charge in [0.15, 0.2) is 23.9 Å². The molecule has 0 saturated carbocycles. The lowest BCUT2D eigenvalue weighted by molar-refractivity contribution is -0.118. The zero-order chi connectivity index (χ0) is 22.5. The van der Waals surface area contributed by atoms with Crippen LogP contribution in [0.3, 0.4) is 0 Å². The van der Waals surface area contributed by atoms with Gasteiger partial charge in [0.1, 0.15) is 5.75 Å². The van der Waals surface area contributed by atoms with Gasteiger partial charge >= 0.3 is 0 Å². The number of carbonyl (C=O) groups is 2. The molecule has 10 heteroatoms. The second kappa shape index (κ2) is 9.59. The van der Waals surface area contributed by atoms with Crippen LogP contribution >= 0.6 is 0 Å². The maximum Gasteiger partial charge on any atom is 0.262 e. The second-order valence-corrected chi connectivity index (χ2v) is 8.56. The average Bonchev–Trinajstić information content (AvgIpc) is 2.71. The molecular weight excluding hydrogens is 412 g/mol. The summed E-state index contributed by atoms with van der Waals surface area (Å²) in [4.78, 5) is 23.9. The Kier molecular flexibility index (Phi) is 7.41. The molecule has 1 amide bonds. The molecule has 0 aliphatic heterocycles. The summed E-state index contributed by atoms with van der Waals surface area (Å²) < 4.78 is 41.6. The van der Waals surface area contributed by atoms with Crippen molar-refractivity contribution in [2.75, 3.05) is 40.2 Å².